The summed E-state index contributed by atoms with van der Waals surface area (Å²) in [5.74, 6) is 0.0825. The first kappa shape index (κ1) is 15.3. The highest BCUT2D eigenvalue weighted by Crippen LogP contribution is 2.22. The number of hydrogen-bond donors (Lipinski definition) is 0. The molecule has 0 aromatic heterocycles. The molecule has 2 aliphatic rings. The zero-order chi connectivity index (χ0) is 14.4. The second-order valence-corrected chi connectivity index (χ2v) is 5.69. The monoisotopic (exact) mass is 278 g/mol. The Hall–Kier alpha value is -1.13. The maximum Gasteiger partial charge on any atom is 0.253 e. The minimum atomic E-state index is 0.0825. The molecule has 2 aliphatic heterocycles. The number of hydrogen-bond acceptors (Lipinski definition) is 3. The normalized spacial score (nSPS) is 23.9. The molecule has 20 heavy (non-hydrogen) atoms. The lowest BCUT2D eigenvalue weighted by Gasteiger charge is -2.28. The molecule has 2 saturated heterocycles. The van der Waals surface area contributed by atoms with Gasteiger partial charge < -0.3 is 14.5 Å². The van der Waals surface area contributed by atoms with E-state index in [1.165, 1.54) is 25.9 Å². The first-order chi connectivity index (χ1) is 9.72. The third-order valence-corrected chi connectivity index (χ3v) is 4.16. The van der Waals surface area contributed by atoms with Crippen molar-refractivity contribution < 1.29 is 9.53 Å². The maximum absolute atomic E-state index is 12.4. The second-order valence-electron chi connectivity index (χ2n) is 5.69. The number of likely N-dealkylation sites (tertiary alicyclic amines) is 2. The van der Waals surface area contributed by atoms with Crippen LogP contribution in [-0.2, 0) is 9.53 Å². The quantitative estimate of drug-likeness (QED) is 0.549. The van der Waals surface area contributed by atoms with E-state index in [-0.39, 0.29) is 5.91 Å². The van der Waals surface area contributed by atoms with Crippen molar-refractivity contribution in [3.63, 3.8) is 0 Å². The summed E-state index contributed by atoms with van der Waals surface area (Å²) in [4.78, 5) is 16.9. The van der Waals surface area contributed by atoms with Crippen LogP contribution in [0.1, 0.15) is 25.7 Å². The molecular weight excluding hydrogens is 252 g/mol. The standard InChI is InChI=1S/C16H26N2O2/c1-14(7-6-12-20-2)16(19)18-11-5-8-15(18)13-17-9-3-4-10-17/h6-7,15H,1,3-5,8-13H2,2H3/t15-/m0/s1. The van der Waals surface area contributed by atoms with Gasteiger partial charge in [-0.2, -0.15) is 0 Å². The van der Waals surface area contributed by atoms with Crippen LogP contribution < -0.4 is 0 Å². The van der Waals surface area contributed by atoms with Crippen LogP contribution in [0.25, 0.3) is 0 Å². The highest BCUT2D eigenvalue weighted by atomic mass is 16.5. The topological polar surface area (TPSA) is 32.8 Å². The number of methoxy groups -OCH3 is 1. The van der Waals surface area contributed by atoms with Gasteiger partial charge in [-0.1, -0.05) is 18.7 Å². The van der Waals surface area contributed by atoms with Crippen LogP contribution in [-0.4, -0.2) is 61.6 Å². The summed E-state index contributed by atoms with van der Waals surface area (Å²) in [5.41, 5.74) is 0.565. The smallest absolute Gasteiger partial charge is 0.253 e. The largest absolute Gasteiger partial charge is 0.381 e. The Morgan fingerprint density at radius 1 is 1.30 bits per heavy atom. The Morgan fingerprint density at radius 2 is 2.05 bits per heavy atom. The Kier molecular flexibility index (Phi) is 5.80. The van der Waals surface area contributed by atoms with Gasteiger partial charge in [0.2, 0.25) is 0 Å². The summed E-state index contributed by atoms with van der Waals surface area (Å²) in [7, 11) is 1.64. The van der Waals surface area contributed by atoms with Gasteiger partial charge in [0.05, 0.1) is 6.61 Å². The summed E-state index contributed by atoms with van der Waals surface area (Å²) in [6.07, 6.45) is 8.44. The molecule has 4 heteroatoms. The predicted molar refractivity (Wildman–Crippen MR) is 80.6 cm³/mol. The molecule has 0 spiro atoms. The van der Waals surface area contributed by atoms with E-state index in [1.54, 1.807) is 13.2 Å². The van der Waals surface area contributed by atoms with Gasteiger partial charge in [-0.3, -0.25) is 4.79 Å². The lowest BCUT2D eigenvalue weighted by molar-refractivity contribution is -0.127. The van der Waals surface area contributed by atoms with Crippen LogP contribution in [0, 0.1) is 0 Å². The Balaban J connectivity index is 1.88. The third kappa shape index (κ3) is 3.93. The SMILES string of the molecule is C=C(C=CCOC)C(=O)N1CCC[C@H]1CN1CCCC1. The van der Waals surface area contributed by atoms with Crippen LogP contribution in [0.15, 0.2) is 24.3 Å². The molecule has 4 nitrogen and oxygen atoms in total. The summed E-state index contributed by atoms with van der Waals surface area (Å²) in [5, 5.41) is 0. The van der Waals surface area contributed by atoms with Gasteiger partial charge >= 0.3 is 0 Å². The van der Waals surface area contributed by atoms with Crippen molar-refractivity contribution in [1.29, 1.82) is 0 Å². The first-order valence-corrected chi connectivity index (χ1v) is 7.60. The zero-order valence-corrected chi connectivity index (χ0v) is 12.5. The highest BCUT2D eigenvalue weighted by molar-refractivity contribution is 5.95. The Morgan fingerprint density at radius 3 is 2.75 bits per heavy atom. The third-order valence-electron chi connectivity index (χ3n) is 4.16. The number of ether oxygens (including phenoxy) is 1. The fourth-order valence-corrected chi connectivity index (χ4v) is 3.10. The second kappa shape index (κ2) is 7.60. The number of rotatable bonds is 6. The molecule has 2 rings (SSSR count). The van der Waals surface area contributed by atoms with Gasteiger partial charge in [0.15, 0.2) is 0 Å². The predicted octanol–water partition coefficient (Wildman–Crippen LogP) is 1.83. The summed E-state index contributed by atoms with van der Waals surface area (Å²) >= 11 is 0. The van der Waals surface area contributed by atoms with Crippen molar-refractivity contribution >= 4 is 5.91 Å². The van der Waals surface area contributed by atoms with Crippen LogP contribution in [0.5, 0.6) is 0 Å². The molecule has 0 aromatic carbocycles. The van der Waals surface area contributed by atoms with Gasteiger partial charge in [0.25, 0.3) is 5.91 Å². The number of nitrogens with zero attached hydrogens (tertiary/aromatic N) is 2. The summed E-state index contributed by atoms with van der Waals surface area (Å²) < 4.78 is 4.95. The van der Waals surface area contributed by atoms with E-state index < -0.39 is 0 Å². The van der Waals surface area contributed by atoms with Gasteiger partial charge in [0.1, 0.15) is 0 Å². The number of amides is 1. The fraction of sp³-hybridized carbons (Fsp3) is 0.688. The summed E-state index contributed by atoms with van der Waals surface area (Å²) in [6.45, 7) is 8.68. The molecule has 0 saturated carbocycles. The summed E-state index contributed by atoms with van der Waals surface area (Å²) in [6, 6.07) is 0.369. The molecule has 0 radical (unpaired) electrons. The minimum Gasteiger partial charge on any atom is -0.381 e. The van der Waals surface area contributed by atoms with Crippen LogP contribution >= 0.6 is 0 Å². The number of carbonyl (C=O) groups excluding carboxylic acids is 1. The van der Waals surface area contributed by atoms with Gasteiger partial charge in [-0.05, 0) is 38.8 Å². The molecule has 1 amide bonds. The molecule has 0 aliphatic carbocycles. The lowest BCUT2D eigenvalue weighted by Crippen LogP contribution is -2.42. The molecule has 0 unspecified atom stereocenters. The molecule has 0 aromatic rings. The van der Waals surface area contributed by atoms with Crippen LogP contribution in [0.2, 0.25) is 0 Å². The molecule has 2 heterocycles. The van der Waals surface area contributed by atoms with Crippen molar-refractivity contribution in [2.75, 3.05) is 39.9 Å². The van der Waals surface area contributed by atoms with Crippen molar-refractivity contribution in [3.8, 4) is 0 Å². The molecular formula is C16H26N2O2. The van der Waals surface area contributed by atoms with E-state index in [9.17, 15) is 4.79 Å². The van der Waals surface area contributed by atoms with Crippen molar-refractivity contribution in [3.05, 3.63) is 24.3 Å². The lowest BCUT2D eigenvalue weighted by atomic mass is 10.2. The minimum absolute atomic E-state index is 0.0825. The van der Waals surface area contributed by atoms with Gasteiger partial charge in [-0.15, -0.1) is 0 Å². The molecule has 112 valence electrons. The van der Waals surface area contributed by atoms with Crippen LogP contribution in [0.4, 0.5) is 0 Å². The Bertz CT molecular complexity index is 373. The fourth-order valence-electron chi connectivity index (χ4n) is 3.10. The Labute approximate surface area is 122 Å². The molecule has 0 bridgehead atoms. The average molecular weight is 278 g/mol. The van der Waals surface area contributed by atoms with E-state index in [2.05, 4.69) is 11.5 Å². The molecule has 1 atom stereocenters. The zero-order valence-electron chi connectivity index (χ0n) is 12.5. The van der Waals surface area contributed by atoms with E-state index in [0.29, 0.717) is 18.2 Å². The maximum atomic E-state index is 12.4. The molecule has 0 N–H and O–H groups in total. The first-order valence-electron chi connectivity index (χ1n) is 7.60. The van der Waals surface area contributed by atoms with Gasteiger partial charge in [0, 0.05) is 31.8 Å². The van der Waals surface area contributed by atoms with E-state index in [4.69, 9.17) is 4.74 Å². The van der Waals surface area contributed by atoms with Crippen LogP contribution in [0.3, 0.4) is 0 Å². The average Bonchev–Trinajstić information content (AvgIpc) is 3.10. The van der Waals surface area contributed by atoms with Gasteiger partial charge in [-0.25, -0.2) is 0 Å². The van der Waals surface area contributed by atoms with E-state index >= 15 is 0 Å². The van der Waals surface area contributed by atoms with Crippen molar-refractivity contribution in [2.24, 2.45) is 0 Å². The van der Waals surface area contributed by atoms with Crippen molar-refractivity contribution in [1.82, 2.24) is 9.80 Å². The number of carbonyl (C=O) groups is 1. The highest BCUT2D eigenvalue weighted by Gasteiger charge is 2.31. The van der Waals surface area contributed by atoms with Crippen molar-refractivity contribution in [2.45, 2.75) is 31.7 Å². The van der Waals surface area contributed by atoms with E-state index in [1.807, 2.05) is 11.0 Å². The van der Waals surface area contributed by atoms with E-state index in [0.717, 1.165) is 25.9 Å². The molecule has 2 fully saturated rings.